The molecule has 5 heteroatoms. The van der Waals surface area contributed by atoms with Crippen LogP contribution in [0.15, 0.2) is 36.0 Å². The van der Waals surface area contributed by atoms with Gasteiger partial charge in [0.15, 0.2) is 0 Å². The first kappa shape index (κ1) is 12.3. The van der Waals surface area contributed by atoms with E-state index in [1.807, 2.05) is 0 Å². The maximum atomic E-state index is 11.9. The molecule has 2 aromatic heterocycles. The first-order valence-corrected chi connectivity index (χ1v) is 6.16. The summed E-state index contributed by atoms with van der Waals surface area (Å²) < 4.78 is 0. The van der Waals surface area contributed by atoms with E-state index >= 15 is 0 Å². The SMILES string of the molecule is NCC#Cc1cc(C(=O)Nc2cccnc2)cs1. The van der Waals surface area contributed by atoms with Crippen molar-refractivity contribution in [1.82, 2.24) is 4.98 Å². The summed E-state index contributed by atoms with van der Waals surface area (Å²) in [4.78, 5) is 16.7. The molecule has 0 aliphatic rings. The van der Waals surface area contributed by atoms with Crippen molar-refractivity contribution in [3.05, 3.63) is 46.4 Å². The fourth-order valence-corrected chi connectivity index (χ4v) is 2.05. The highest BCUT2D eigenvalue weighted by Crippen LogP contribution is 2.15. The van der Waals surface area contributed by atoms with Crippen LogP contribution in [0.5, 0.6) is 0 Å². The molecular weight excluding hydrogens is 246 g/mol. The van der Waals surface area contributed by atoms with Crippen LogP contribution in [0.25, 0.3) is 0 Å². The summed E-state index contributed by atoms with van der Waals surface area (Å²) in [6.45, 7) is 0.315. The Bertz CT molecular complexity index is 595. The van der Waals surface area contributed by atoms with E-state index in [1.54, 1.807) is 36.0 Å². The molecule has 0 fully saturated rings. The first-order chi connectivity index (χ1) is 8.79. The Morgan fingerprint density at radius 1 is 1.56 bits per heavy atom. The molecule has 1 amide bonds. The Kier molecular flexibility index (Phi) is 4.07. The lowest BCUT2D eigenvalue weighted by Crippen LogP contribution is -2.10. The molecular formula is C13H11N3OS. The van der Waals surface area contributed by atoms with E-state index in [2.05, 4.69) is 22.1 Å². The maximum absolute atomic E-state index is 11.9. The van der Waals surface area contributed by atoms with Gasteiger partial charge in [0.25, 0.3) is 5.91 Å². The monoisotopic (exact) mass is 257 g/mol. The molecule has 3 N–H and O–H groups in total. The van der Waals surface area contributed by atoms with E-state index in [-0.39, 0.29) is 5.91 Å². The number of anilines is 1. The fourth-order valence-electron chi connectivity index (χ4n) is 1.30. The van der Waals surface area contributed by atoms with Gasteiger partial charge < -0.3 is 11.1 Å². The Morgan fingerprint density at radius 3 is 3.17 bits per heavy atom. The Hall–Kier alpha value is -2.16. The number of nitrogens with zero attached hydrogens (tertiary/aromatic N) is 1. The summed E-state index contributed by atoms with van der Waals surface area (Å²) in [5, 5.41) is 4.53. The molecule has 0 radical (unpaired) electrons. The third kappa shape index (κ3) is 3.17. The highest BCUT2D eigenvalue weighted by molar-refractivity contribution is 7.10. The van der Waals surface area contributed by atoms with Crippen LogP contribution in [-0.2, 0) is 0 Å². The summed E-state index contributed by atoms with van der Waals surface area (Å²) >= 11 is 1.42. The van der Waals surface area contributed by atoms with Gasteiger partial charge in [-0.15, -0.1) is 11.3 Å². The summed E-state index contributed by atoms with van der Waals surface area (Å²) in [7, 11) is 0. The van der Waals surface area contributed by atoms with Gasteiger partial charge in [0.05, 0.1) is 28.9 Å². The van der Waals surface area contributed by atoms with Crippen molar-refractivity contribution in [2.75, 3.05) is 11.9 Å². The van der Waals surface area contributed by atoms with Gasteiger partial charge in [-0.05, 0) is 18.2 Å². The first-order valence-electron chi connectivity index (χ1n) is 5.28. The molecule has 2 heterocycles. The molecule has 18 heavy (non-hydrogen) atoms. The second kappa shape index (κ2) is 5.96. The number of nitrogens with two attached hydrogens (primary N) is 1. The number of carbonyl (C=O) groups is 1. The van der Waals surface area contributed by atoms with Crippen LogP contribution in [0, 0.1) is 11.8 Å². The molecule has 0 aliphatic carbocycles. The summed E-state index contributed by atoms with van der Waals surface area (Å²) in [6, 6.07) is 5.30. The van der Waals surface area contributed by atoms with Gasteiger partial charge in [-0.2, -0.15) is 0 Å². The van der Waals surface area contributed by atoms with Crippen LogP contribution in [0.2, 0.25) is 0 Å². The van der Waals surface area contributed by atoms with Crippen LogP contribution in [0.1, 0.15) is 15.2 Å². The number of aromatic nitrogens is 1. The van der Waals surface area contributed by atoms with Gasteiger partial charge in [-0.3, -0.25) is 9.78 Å². The molecule has 2 rings (SSSR count). The molecule has 0 saturated carbocycles. The average molecular weight is 257 g/mol. The Labute approximate surface area is 109 Å². The lowest BCUT2D eigenvalue weighted by molar-refractivity contribution is 0.102. The molecule has 0 saturated heterocycles. The van der Waals surface area contributed by atoms with Crippen molar-refractivity contribution < 1.29 is 4.79 Å². The maximum Gasteiger partial charge on any atom is 0.256 e. The van der Waals surface area contributed by atoms with Crippen molar-refractivity contribution >= 4 is 22.9 Å². The number of thiophene rings is 1. The molecule has 4 nitrogen and oxygen atoms in total. The minimum Gasteiger partial charge on any atom is -0.321 e. The van der Waals surface area contributed by atoms with Crippen LogP contribution in [-0.4, -0.2) is 17.4 Å². The van der Waals surface area contributed by atoms with E-state index in [1.165, 1.54) is 11.3 Å². The minimum atomic E-state index is -0.167. The van der Waals surface area contributed by atoms with Crippen molar-refractivity contribution in [3.63, 3.8) is 0 Å². The van der Waals surface area contributed by atoms with Crippen LogP contribution in [0.3, 0.4) is 0 Å². The standard InChI is InChI=1S/C13H11N3OS/c14-5-1-4-12-7-10(9-18-12)13(17)16-11-3-2-6-15-8-11/h2-3,6-9H,5,14H2,(H,16,17). The predicted octanol–water partition coefficient (Wildman–Crippen LogP) is 1.71. The van der Waals surface area contributed by atoms with Crippen LogP contribution < -0.4 is 11.1 Å². The minimum absolute atomic E-state index is 0.167. The molecule has 0 unspecified atom stereocenters. The number of amides is 1. The molecule has 0 atom stereocenters. The average Bonchev–Trinajstić information content (AvgIpc) is 2.86. The van der Waals surface area contributed by atoms with Gasteiger partial charge in [0.2, 0.25) is 0 Å². The van der Waals surface area contributed by atoms with Gasteiger partial charge >= 0.3 is 0 Å². The Morgan fingerprint density at radius 2 is 2.44 bits per heavy atom. The normalized spacial score (nSPS) is 9.39. The second-order valence-corrected chi connectivity index (χ2v) is 4.31. The molecule has 90 valence electrons. The summed E-state index contributed by atoms with van der Waals surface area (Å²) in [5.74, 6) is 5.48. The largest absolute Gasteiger partial charge is 0.321 e. The zero-order chi connectivity index (χ0) is 12.8. The van der Waals surface area contributed by atoms with Crippen molar-refractivity contribution in [2.24, 2.45) is 5.73 Å². The number of pyridine rings is 1. The summed E-state index contributed by atoms with van der Waals surface area (Å²) in [6.07, 6.45) is 3.25. The second-order valence-electron chi connectivity index (χ2n) is 3.40. The Balaban J connectivity index is 2.08. The molecule has 0 spiro atoms. The number of rotatable bonds is 2. The zero-order valence-electron chi connectivity index (χ0n) is 9.51. The number of hydrogen-bond donors (Lipinski definition) is 2. The number of hydrogen-bond acceptors (Lipinski definition) is 4. The van der Waals surface area contributed by atoms with Crippen molar-refractivity contribution in [2.45, 2.75) is 0 Å². The topological polar surface area (TPSA) is 68.0 Å². The number of nitrogens with one attached hydrogen (secondary N) is 1. The van der Waals surface area contributed by atoms with E-state index in [0.717, 1.165) is 4.88 Å². The van der Waals surface area contributed by atoms with Gasteiger partial charge in [-0.1, -0.05) is 11.8 Å². The van der Waals surface area contributed by atoms with E-state index < -0.39 is 0 Å². The van der Waals surface area contributed by atoms with Gasteiger partial charge in [-0.25, -0.2) is 0 Å². The fraction of sp³-hybridized carbons (Fsp3) is 0.0769. The zero-order valence-corrected chi connectivity index (χ0v) is 10.3. The summed E-state index contributed by atoms with van der Waals surface area (Å²) in [5.41, 5.74) is 6.55. The molecule has 2 aromatic rings. The van der Waals surface area contributed by atoms with Gasteiger partial charge in [0, 0.05) is 11.6 Å². The van der Waals surface area contributed by atoms with E-state index in [0.29, 0.717) is 17.8 Å². The molecule has 0 aliphatic heterocycles. The highest BCUT2D eigenvalue weighted by Gasteiger charge is 2.08. The third-order valence-electron chi connectivity index (χ3n) is 2.09. The lowest BCUT2D eigenvalue weighted by atomic mass is 10.3. The van der Waals surface area contributed by atoms with Crippen LogP contribution >= 0.6 is 11.3 Å². The van der Waals surface area contributed by atoms with Gasteiger partial charge in [0.1, 0.15) is 0 Å². The lowest BCUT2D eigenvalue weighted by Gasteiger charge is -2.01. The predicted molar refractivity (Wildman–Crippen MR) is 72.4 cm³/mol. The third-order valence-corrected chi connectivity index (χ3v) is 2.94. The van der Waals surface area contributed by atoms with Crippen LogP contribution in [0.4, 0.5) is 5.69 Å². The number of carbonyl (C=O) groups excluding carboxylic acids is 1. The van der Waals surface area contributed by atoms with E-state index in [4.69, 9.17) is 5.73 Å². The molecule has 0 aromatic carbocycles. The highest BCUT2D eigenvalue weighted by atomic mass is 32.1. The quantitative estimate of drug-likeness (QED) is 0.805. The smallest absolute Gasteiger partial charge is 0.256 e. The van der Waals surface area contributed by atoms with Crippen molar-refractivity contribution in [3.8, 4) is 11.8 Å². The van der Waals surface area contributed by atoms with E-state index in [9.17, 15) is 4.79 Å². The van der Waals surface area contributed by atoms with Crippen molar-refractivity contribution in [1.29, 1.82) is 0 Å². The molecule has 0 bridgehead atoms.